The Kier molecular flexibility index (Phi) is 3.52. The molecule has 0 spiro atoms. The van der Waals surface area contributed by atoms with Crippen molar-refractivity contribution in [3.63, 3.8) is 0 Å². The van der Waals surface area contributed by atoms with Crippen LogP contribution in [0.5, 0.6) is 0 Å². The zero-order chi connectivity index (χ0) is 14.2. The summed E-state index contributed by atoms with van der Waals surface area (Å²) in [6.45, 7) is 3.62. The lowest BCUT2D eigenvalue weighted by molar-refractivity contribution is 0.161. The molecule has 0 amide bonds. The molecule has 1 saturated heterocycles. The standard InChI is InChI=1S/C15H19N3O2S/c19-14-7-12(16-15-18(14)4-6-21-15)9-17(13-1-2-13)8-11-3-5-20-10-11/h4,6-7,11,13H,1-3,5,8-10H2/t11-/m1/s1. The second-order valence-corrected chi connectivity index (χ2v) is 6.90. The zero-order valence-corrected chi connectivity index (χ0v) is 12.7. The summed E-state index contributed by atoms with van der Waals surface area (Å²) < 4.78 is 7.09. The minimum atomic E-state index is 0.0243. The van der Waals surface area contributed by atoms with Crippen LogP contribution in [0.2, 0.25) is 0 Å². The predicted octanol–water partition coefficient (Wildman–Crippen LogP) is 1.76. The summed E-state index contributed by atoms with van der Waals surface area (Å²) in [5.74, 6) is 0.636. The highest BCUT2D eigenvalue weighted by molar-refractivity contribution is 7.15. The molecule has 1 atom stereocenters. The highest BCUT2D eigenvalue weighted by Crippen LogP contribution is 2.30. The second-order valence-electron chi connectivity index (χ2n) is 6.03. The van der Waals surface area contributed by atoms with Gasteiger partial charge in [-0.3, -0.25) is 14.1 Å². The Hall–Kier alpha value is -1.24. The third kappa shape index (κ3) is 2.88. The van der Waals surface area contributed by atoms with Crippen LogP contribution in [0.15, 0.2) is 22.4 Å². The Balaban J connectivity index is 1.54. The number of nitrogens with zero attached hydrogens (tertiary/aromatic N) is 3. The summed E-state index contributed by atoms with van der Waals surface area (Å²) in [6, 6.07) is 2.36. The Bertz CT molecular complexity index is 686. The van der Waals surface area contributed by atoms with Crippen molar-refractivity contribution in [3.05, 3.63) is 33.7 Å². The van der Waals surface area contributed by atoms with Crippen LogP contribution in [-0.2, 0) is 11.3 Å². The largest absolute Gasteiger partial charge is 0.381 e. The van der Waals surface area contributed by atoms with Crippen LogP contribution in [-0.4, -0.2) is 40.1 Å². The van der Waals surface area contributed by atoms with Crippen LogP contribution in [0.25, 0.3) is 4.96 Å². The van der Waals surface area contributed by atoms with Gasteiger partial charge in [0.15, 0.2) is 4.96 Å². The molecule has 2 aliphatic rings. The van der Waals surface area contributed by atoms with Gasteiger partial charge in [0.05, 0.1) is 12.3 Å². The van der Waals surface area contributed by atoms with E-state index in [0.717, 1.165) is 43.4 Å². The summed E-state index contributed by atoms with van der Waals surface area (Å²) in [6.07, 6.45) is 5.48. The molecule has 2 aromatic rings. The van der Waals surface area contributed by atoms with E-state index < -0.39 is 0 Å². The van der Waals surface area contributed by atoms with Crippen molar-refractivity contribution in [1.82, 2.24) is 14.3 Å². The molecular weight excluding hydrogens is 286 g/mol. The molecule has 0 bridgehead atoms. The molecule has 4 rings (SSSR count). The minimum absolute atomic E-state index is 0.0243. The van der Waals surface area contributed by atoms with Crippen molar-refractivity contribution in [2.75, 3.05) is 19.8 Å². The molecule has 0 N–H and O–H groups in total. The molecule has 112 valence electrons. The van der Waals surface area contributed by atoms with Crippen LogP contribution in [0.1, 0.15) is 25.0 Å². The van der Waals surface area contributed by atoms with Gasteiger partial charge in [0.2, 0.25) is 0 Å². The van der Waals surface area contributed by atoms with E-state index in [2.05, 4.69) is 9.88 Å². The van der Waals surface area contributed by atoms with Crippen molar-refractivity contribution in [2.45, 2.75) is 31.8 Å². The van der Waals surface area contributed by atoms with E-state index in [1.807, 2.05) is 5.38 Å². The lowest BCUT2D eigenvalue weighted by Crippen LogP contribution is -2.32. The van der Waals surface area contributed by atoms with Crippen LogP contribution in [0, 0.1) is 5.92 Å². The summed E-state index contributed by atoms with van der Waals surface area (Å²) in [7, 11) is 0. The Morgan fingerprint density at radius 2 is 2.33 bits per heavy atom. The fraction of sp³-hybridized carbons (Fsp3) is 0.600. The molecule has 5 nitrogen and oxygen atoms in total. The molecule has 2 aromatic heterocycles. The molecule has 3 heterocycles. The normalized spacial score (nSPS) is 22.4. The number of hydrogen-bond acceptors (Lipinski definition) is 5. The van der Waals surface area contributed by atoms with Crippen molar-refractivity contribution in [1.29, 1.82) is 0 Å². The van der Waals surface area contributed by atoms with E-state index in [0.29, 0.717) is 12.0 Å². The highest BCUT2D eigenvalue weighted by atomic mass is 32.1. The van der Waals surface area contributed by atoms with Crippen LogP contribution in [0.4, 0.5) is 0 Å². The molecule has 0 unspecified atom stereocenters. The lowest BCUT2D eigenvalue weighted by Gasteiger charge is -2.24. The van der Waals surface area contributed by atoms with Gasteiger partial charge < -0.3 is 4.74 Å². The van der Waals surface area contributed by atoms with E-state index in [1.165, 1.54) is 24.2 Å². The van der Waals surface area contributed by atoms with Gasteiger partial charge in [-0.1, -0.05) is 0 Å². The third-order valence-electron chi connectivity index (χ3n) is 4.30. The molecule has 0 aromatic carbocycles. The first-order valence-electron chi connectivity index (χ1n) is 7.57. The molecule has 6 heteroatoms. The number of rotatable bonds is 5. The summed E-state index contributed by atoms with van der Waals surface area (Å²) in [5.41, 5.74) is 0.921. The minimum Gasteiger partial charge on any atom is -0.381 e. The van der Waals surface area contributed by atoms with E-state index >= 15 is 0 Å². The van der Waals surface area contributed by atoms with Gasteiger partial charge in [0.1, 0.15) is 0 Å². The molecule has 1 saturated carbocycles. The maximum absolute atomic E-state index is 12.1. The topological polar surface area (TPSA) is 46.8 Å². The Labute approximate surface area is 127 Å². The molecule has 21 heavy (non-hydrogen) atoms. The average Bonchev–Trinajstić information content (AvgIpc) is 2.98. The first kappa shape index (κ1) is 13.4. The van der Waals surface area contributed by atoms with Gasteiger partial charge in [0, 0.05) is 43.4 Å². The monoisotopic (exact) mass is 305 g/mol. The maximum Gasteiger partial charge on any atom is 0.258 e. The second kappa shape index (κ2) is 5.51. The van der Waals surface area contributed by atoms with E-state index in [1.54, 1.807) is 16.7 Å². The number of hydrogen-bond donors (Lipinski definition) is 0. The van der Waals surface area contributed by atoms with Crippen molar-refractivity contribution in [3.8, 4) is 0 Å². The van der Waals surface area contributed by atoms with Crippen LogP contribution < -0.4 is 5.56 Å². The predicted molar refractivity (Wildman–Crippen MR) is 81.7 cm³/mol. The van der Waals surface area contributed by atoms with Gasteiger partial charge in [-0.05, 0) is 25.2 Å². The summed E-state index contributed by atoms with van der Waals surface area (Å²) in [5, 5.41) is 1.90. The molecule has 0 radical (unpaired) electrons. The summed E-state index contributed by atoms with van der Waals surface area (Å²) >= 11 is 1.51. The van der Waals surface area contributed by atoms with E-state index in [-0.39, 0.29) is 5.56 Å². The van der Waals surface area contributed by atoms with Crippen LogP contribution >= 0.6 is 11.3 Å². The van der Waals surface area contributed by atoms with E-state index in [4.69, 9.17) is 4.74 Å². The van der Waals surface area contributed by atoms with Crippen molar-refractivity contribution in [2.24, 2.45) is 5.92 Å². The first-order valence-corrected chi connectivity index (χ1v) is 8.45. The van der Waals surface area contributed by atoms with E-state index in [9.17, 15) is 4.79 Å². The zero-order valence-electron chi connectivity index (χ0n) is 11.9. The van der Waals surface area contributed by atoms with Crippen molar-refractivity contribution >= 4 is 16.3 Å². The van der Waals surface area contributed by atoms with Gasteiger partial charge in [-0.25, -0.2) is 4.98 Å². The fourth-order valence-corrected chi connectivity index (χ4v) is 3.76. The fourth-order valence-electron chi connectivity index (χ4n) is 3.02. The highest BCUT2D eigenvalue weighted by Gasteiger charge is 2.31. The Morgan fingerprint density at radius 1 is 1.43 bits per heavy atom. The summed E-state index contributed by atoms with van der Waals surface area (Å²) in [4.78, 5) is 20.0. The van der Waals surface area contributed by atoms with Gasteiger partial charge >= 0.3 is 0 Å². The molecular formula is C15H19N3O2S. The molecule has 1 aliphatic carbocycles. The molecule has 2 fully saturated rings. The third-order valence-corrected chi connectivity index (χ3v) is 5.06. The van der Waals surface area contributed by atoms with Crippen LogP contribution in [0.3, 0.4) is 0 Å². The smallest absolute Gasteiger partial charge is 0.258 e. The first-order chi connectivity index (χ1) is 10.3. The van der Waals surface area contributed by atoms with Gasteiger partial charge in [0.25, 0.3) is 5.56 Å². The molecule has 1 aliphatic heterocycles. The average molecular weight is 305 g/mol. The number of ether oxygens (including phenoxy) is 1. The number of fused-ring (bicyclic) bond motifs is 1. The van der Waals surface area contributed by atoms with Gasteiger partial charge in [-0.2, -0.15) is 0 Å². The quantitative estimate of drug-likeness (QED) is 0.844. The number of thiazole rings is 1. The number of aromatic nitrogens is 2. The Morgan fingerprint density at radius 3 is 3.10 bits per heavy atom. The maximum atomic E-state index is 12.1. The lowest BCUT2D eigenvalue weighted by atomic mass is 10.1. The van der Waals surface area contributed by atoms with Gasteiger partial charge in [-0.15, -0.1) is 11.3 Å². The van der Waals surface area contributed by atoms with Crippen molar-refractivity contribution < 1.29 is 4.74 Å². The SMILES string of the molecule is O=c1cc(CN(C[C@H]2CCOC2)C2CC2)nc2sccn12.